The molecule has 0 amide bonds. The Morgan fingerprint density at radius 1 is 1.44 bits per heavy atom. The summed E-state index contributed by atoms with van der Waals surface area (Å²) in [6, 6.07) is 0. The van der Waals surface area contributed by atoms with Crippen LogP contribution in [0.4, 0.5) is 0 Å². The molecular weight excluding hydrogens is 254 g/mol. The summed E-state index contributed by atoms with van der Waals surface area (Å²) in [5.74, 6) is -0.160. The van der Waals surface area contributed by atoms with E-state index in [0.29, 0.717) is 5.69 Å². The van der Waals surface area contributed by atoms with Crippen molar-refractivity contribution in [2.75, 3.05) is 6.54 Å². The maximum Gasteiger partial charge on any atom is 0.244 e. The van der Waals surface area contributed by atoms with Crippen LogP contribution >= 0.6 is 0 Å². The molecule has 1 N–H and O–H groups in total. The summed E-state index contributed by atoms with van der Waals surface area (Å²) < 4.78 is 27.7. The lowest BCUT2D eigenvalue weighted by atomic mass is 9.91. The molecular formula is C11H19N3O3S. The van der Waals surface area contributed by atoms with Crippen LogP contribution in [0.15, 0.2) is 11.1 Å². The summed E-state index contributed by atoms with van der Waals surface area (Å²) in [5.41, 5.74) is -0.0299. The highest BCUT2D eigenvalue weighted by atomic mass is 32.2. The molecule has 0 radical (unpaired) electrons. The van der Waals surface area contributed by atoms with E-state index in [2.05, 4.69) is 9.82 Å². The number of rotatable bonds is 4. The van der Waals surface area contributed by atoms with Crippen LogP contribution in [-0.2, 0) is 21.9 Å². The Hall–Kier alpha value is -1.21. The van der Waals surface area contributed by atoms with Crippen LogP contribution in [0.1, 0.15) is 26.5 Å². The van der Waals surface area contributed by atoms with Crippen molar-refractivity contribution in [3.05, 3.63) is 11.9 Å². The molecule has 0 aliphatic heterocycles. The number of nitrogens with zero attached hydrogens (tertiary/aromatic N) is 2. The Bertz CT molecular complexity index is 553. The third-order valence-electron chi connectivity index (χ3n) is 2.74. The number of hydrogen-bond donors (Lipinski definition) is 1. The number of carbonyl (C=O) groups is 1. The van der Waals surface area contributed by atoms with Gasteiger partial charge in [0.05, 0.1) is 18.4 Å². The van der Waals surface area contributed by atoms with Crippen LogP contribution in [0, 0.1) is 12.3 Å². The quantitative estimate of drug-likeness (QED) is 0.872. The lowest BCUT2D eigenvalue weighted by Gasteiger charge is -2.16. The van der Waals surface area contributed by atoms with Crippen molar-refractivity contribution in [2.45, 2.75) is 32.6 Å². The second-order valence-electron chi connectivity index (χ2n) is 5.22. The van der Waals surface area contributed by atoms with E-state index < -0.39 is 15.4 Å². The maximum atomic E-state index is 12.0. The zero-order valence-electron chi connectivity index (χ0n) is 11.3. The molecule has 0 unspecified atom stereocenters. The second-order valence-corrected chi connectivity index (χ2v) is 6.95. The molecule has 0 saturated heterocycles. The van der Waals surface area contributed by atoms with E-state index in [-0.39, 0.29) is 17.2 Å². The predicted molar refractivity (Wildman–Crippen MR) is 67.6 cm³/mol. The van der Waals surface area contributed by atoms with Gasteiger partial charge in [0.2, 0.25) is 10.0 Å². The number of carbonyl (C=O) groups excluding carboxylic acids is 1. The normalized spacial score (nSPS) is 12.7. The molecule has 0 atom stereocenters. The van der Waals surface area contributed by atoms with Crippen molar-refractivity contribution >= 4 is 15.8 Å². The molecule has 6 nitrogen and oxygen atoms in total. The van der Waals surface area contributed by atoms with Crippen LogP contribution in [0.25, 0.3) is 0 Å². The molecule has 1 heterocycles. The first kappa shape index (κ1) is 14.8. The number of ketones is 1. The fourth-order valence-corrected chi connectivity index (χ4v) is 2.43. The van der Waals surface area contributed by atoms with Crippen LogP contribution in [0.5, 0.6) is 0 Å². The Morgan fingerprint density at radius 3 is 2.39 bits per heavy atom. The van der Waals surface area contributed by atoms with E-state index in [0.717, 1.165) is 0 Å². The number of Topliss-reactive ketones (excluding diaryl/α,β-unsaturated/α-hetero) is 1. The van der Waals surface area contributed by atoms with Gasteiger partial charge in [-0.1, -0.05) is 20.8 Å². The van der Waals surface area contributed by atoms with Gasteiger partial charge in [0.15, 0.2) is 5.78 Å². The zero-order chi connectivity index (χ0) is 14.1. The van der Waals surface area contributed by atoms with E-state index in [9.17, 15) is 13.2 Å². The van der Waals surface area contributed by atoms with Crippen LogP contribution < -0.4 is 4.72 Å². The van der Waals surface area contributed by atoms with Crippen molar-refractivity contribution in [1.82, 2.24) is 14.5 Å². The second kappa shape index (κ2) is 4.81. The van der Waals surface area contributed by atoms with Gasteiger partial charge in [-0.15, -0.1) is 0 Å². The van der Waals surface area contributed by atoms with Gasteiger partial charge in [0.25, 0.3) is 0 Å². The SMILES string of the molecule is Cc1c(S(=O)(=O)NCC(=O)C(C)(C)C)cnn1C. The average Bonchev–Trinajstić information content (AvgIpc) is 2.55. The van der Waals surface area contributed by atoms with Crippen molar-refractivity contribution in [1.29, 1.82) is 0 Å². The molecule has 0 spiro atoms. The summed E-state index contributed by atoms with van der Waals surface area (Å²) >= 11 is 0. The number of aryl methyl sites for hydroxylation is 1. The maximum absolute atomic E-state index is 12.0. The molecule has 0 bridgehead atoms. The number of nitrogens with one attached hydrogen (secondary N) is 1. The first-order chi connectivity index (χ1) is 8.05. The van der Waals surface area contributed by atoms with Crippen LogP contribution in [-0.4, -0.2) is 30.5 Å². The van der Waals surface area contributed by atoms with Crippen molar-refractivity contribution in [3.8, 4) is 0 Å². The average molecular weight is 273 g/mol. The smallest absolute Gasteiger partial charge is 0.244 e. The van der Waals surface area contributed by atoms with E-state index in [1.165, 1.54) is 10.9 Å². The molecule has 0 aliphatic rings. The minimum atomic E-state index is -3.68. The van der Waals surface area contributed by atoms with E-state index >= 15 is 0 Å². The van der Waals surface area contributed by atoms with Crippen molar-refractivity contribution < 1.29 is 13.2 Å². The van der Waals surface area contributed by atoms with Gasteiger partial charge in [-0.3, -0.25) is 9.48 Å². The summed E-state index contributed by atoms with van der Waals surface area (Å²) in [4.78, 5) is 11.8. The fraction of sp³-hybridized carbons (Fsp3) is 0.636. The third-order valence-corrected chi connectivity index (χ3v) is 4.24. The molecule has 0 aliphatic carbocycles. The molecule has 102 valence electrons. The molecule has 0 saturated carbocycles. The fourth-order valence-electron chi connectivity index (χ4n) is 1.25. The van der Waals surface area contributed by atoms with Gasteiger partial charge in [-0.25, -0.2) is 13.1 Å². The standard InChI is InChI=1S/C11H19N3O3S/c1-8-9(6-12-14(8)5)18(16,17)13-7-10(15)11(2,3)4/h6,13H,7H2,1-5H3. The van der Waals surface area contributed by atoms with Gasteiger partial charge in [-0.2, -0.15) is 5.10 Å². The number of aromatic nitrogens is 2. The number of sulfonamides is 1. The summed E-state index contributed by atoms with van der Waals surface area (Å²) in [6.45, 7) is 6.70. The number of hydrogen-bond acceptors (Lipinski definition) is 4. The van der Waals surface area contributed by atoms with Gasteiger partial charge in [0, 0.05) is 12.5 Å². The Labute approximate surface area is 107 Å². The van der Waals surface area contributed by atoms with E-state index in [1.807, 2.05) is 0 Å². The van der Waals surface area contributed by atoms with Gasteiger partial charge >= 0.3 is 0 Å². The summed E-state index contributed by atoms with van der Waals surface area (Å²) in [5, 5.41) is 3.87. The van der Waals surface area contributed by atoms with Gasteiger partial charge < -0.3 is 0 Å². The molecule has 18 heavy (non-hydrogen) atoms. The largest absolute Gasteiger partial charge is 0.298 e. The topological polar surface area (TPSA) is 81.1 Å². The highest BCUT2D eigenvalue weighted by Crippen LogP contribution is 2.16. The summed E-state index contributed by atoms with van der Waals surface area (Å²) in [6.07, 6.45) is 1.28. The van der Waals surface area contributed by atoms with Crippen LogP contribution in [0.3, 0.4) is 0 Å². The third kappa shape index (κ3) is 3.17. The summed E-state index contributed by atoms with van der Waals surface area (Å²) in [7, 11) is -2.02. The first-order valence-corrected chi connectivity index (χ1v) is 7.05. The van der Waals surface area contributed by atoms with Crippen LogP contribution in [0.2, 0.25) is 0 Å². The van der Waals surface area contributed by atoms with Gasteiger partial charge in [0.1, 0.15) is 4.90 Å². The Morgan fingerprint density at radius 2 is 2.00 bits per heavy atom. The lowest BCUT2D eigenvalue weighted by Crippen LogP contribution is -2.35. The van der Waals surface area contributed by atoms with E-state index in [4.69, 9.17) is 0 Å². The minimum Gasteiger partial charge on any atom is -0.298 e. The Balaban J connectivity index is 2.85. The predicted octanol–water partition coefficient (Wildman–Crippen LogP) is 0.622. The molecule has 1 aromatic rings. The first-order valence-electron chi connectivity index (χ1n) is 5.57. The molecule has 1 aromatic heterocycles. The van der Waals surface area contributed by atoms with Crippen molar-refractivity contribution in [2.24, 2.45) is 12.5 Å². The lowest BCUT2D eigenvalue weighted by molar-refractivity contribution is -0.125. The highest BCUT2D eigenvalue weighted by Gasteiger charge is 2.25. The van der Waals surface area contributed by atoms with Crippen molar-refractivity contribution in [3.63, 3.8) is 0 Å². The highest BCUT2D eigenvalue weighted by molar-refractivity contribution is 7.89. The zero-order valence-corrected chi connectivity index (χ0v) is 12.1. The van der Waals surface area contributed by atoms with E-state index in [1.54, 1.807) is 34.7 Å². The minimum absolute atomic E-state index is 0.103. The molecule has 7 heteroatoms. The van der Waals surface area contributed by atoms with Gasteiger partial charge in [-0.05, 0) is 6.92 Å². The molecule has 1 rings (SSSR count). The Kier molecular flexibility index (Phi) is 3.97. The monoisotopic (exact) mass is 273 g/mol. The molecule has 0 fully saturated rings. The molecule has 0 aromatic carbocycles.